The number of anilines is 1. The largest absolute Gasteiger partial charge is 0.465 e. The van der Waals surface area contributed by atoms with Crippen molar-refractivity contribution in [2.24, 2.45) is 0 Å². The molecule has 0 radical (unpaired) electrons. The van der Waals surface area contributed by atoms with E-state index < -0.39 is 36.4 Å². The van der Waals surface area contributed by atoms with Crippen molar-refractivity contribution >= 4 is 28.9 Å². The molecule has 0 bridgehead atoms. The molecule has 2 aromatic heterocycles. The number of fused-ring (bicyclic) bond motifs is 1. The van der Waals surface area contributed by atoms with Gasteiger partial charge in [-0.1, -0.05) is 0 Å². The van der Waals surface area contributed by atoms with Crippen LogP contribution in [0.3, 0.4) is 0 Å². The van der Waals surface area contributed by atoms with Crippen molar-refractivity contribution in [2.75, 3.05) is 18.9 Å². The molecule has 13 heteroatoms. The molecule has 7 N–H and O–H groups in total. The molecule has 0 spiro atoms. The third kappa shape index (κ3) is 3.80. The zero-order chi connectivity index (χ0) is 18.8. The minimum Gasteiger partial charge on any atom is -0.465 e. The molecular formula is C14H20N6O7. The number of carbonyl (C=O) groups is 2. The van der Waals surface area contributed by atoms with E-state index in [1.54, 1.807) is 6.92 Å². The third-order valence-corrected chi connectivity index (χ3v) is 3.87. The zero-order valence-corrected chi connectivity index (χ0v) is 14.3. The van der Waals surface area contributed by atoms with Crippen LogP contribution in [-0.4, -0.2) is 78.5 Å². The van der Waals surface area contributed by atoms with E-state index in [9.17, 15) is 19.8 Å². The molecule has 2 aromatic rings. The highest BCUT2D eigenvalue weighted by atomic mass is 16.6. The molecule has 1 aliphatic heterocycles. The van der Waals surface area contributed by atoms with Crippen molar-refractivity contribution in [1.82, 2.24) is 24.8 Å². The second-order valence-corrected chi connectivity index (χ2v) is 5.53. The van der Waals surface area contributed by atoms with Gasteiger partial charge in [-0.15, -0.1) is 0 Å². The topological polar surface area (TPSA) is 206 Å². The number of aliphatic hydroxyl groups excluding tert-OH is 2. The smallest absolute Gasteiger partial charge is 0.325 e. The summed E-state index contributed by atoms with van der Waals surface area (Å²) in [5.41, 5.74) is 6.29. The van der Waals surface area contributed by atoms with Crippen LogP contribution in [0, 0.1) is 0 Å². The minimum absolute atomic E-state index is 0. The Morgan fingerprint density at radius 3 is 2.78 bits per heavy atom. The quantitative estimate of drug-likeness (QED) is 0.381. The number of carbonyl (C=O) groups excluding carboxylic acids is 2. The summed E-state index contributed by atoms with van der Waals surface area (Å²) in [5, 5.41) is 22.7. The van der Waals surface area contributed by atoms with Gasteiger partial charge in [0.1, 0.15) is 30.6 Å². The van der Waals surface area contributed by atoms with Gasteiger partial charge in [0.15, 0.2) is 23.8 Å². The van der Waals surface area contributed by atoms with E-state index >= 15 is 0 Å². The van der Waals surface area contributed by atoms with Crippen LogP contribution < -0.4 is 11.1 Å². The maximum absolute atomic E-state index is 12.2. The fraction of sp³-hybridized carbons (Fsp3) is 0.500. The van der Waals surface area contributed by atoms with Crippen molar-refractivity contribution < 1.29 is 34.8 Å². The number of ether oxygens (including phenoxy) is 2. The molecule has 0 aliphatic carbocycles. The number of nitrogens with two attached hydrogens (primary N) is 1. The predicted molar refractivity (Wildman–Crippen MR) is 88.9 cm³/mol. The lowest BCUT2D eigenvalue weighted by Gasteiger charge is -2.16. The number of aliphatic hydroxyl groups is 2. The first-order valence-electron chi connectivity index (χ1n) is 7.82. The van der Waals surface area contributed by atoms with Gasteiger partial charge in [0, 0.05) is 0 Å². The second kappa shape index (κ2) is 8.22. The Labute approximate surface area is 152 Å². The van der Waals surface area contributed by atoms with E-state index in [1.165, 1.54) is 17.2 Å². The van der Waals surface area contributed by atoms with Crippen molar-refractivity contribution in [2.45, 2.75) is 31.5 Å². The van der Waals surface area contributed by atoms with Gasteiger partial charge in [0.05, 0.1) is 12.9 Å². The van der Waals surface area contributed by atoms with Crippen molar-refractivity contribution in [3.8, 4) is 0 Å². The Hall–Kier alpha value is -2.87. The van der Waals surface area contributed by atoms with E-state index in [0.717, 1.165) is 0 Å². The zero-order valence-electron chi connectivity index (χ0n) is 14.3. The molecule has 1 aliphatic rings. The SMILES string of the molecule is CCOC(=O)CNC(=O)[C@H]1O[C@@H](n2cnc3c(N)ncnc32)[C@H](O)[C@@H]1O.O. The Bertz CT molecular complexity index is 827. The van der Waals surface area contributed by atoms with Crippen LogP contribution in [0.2, 0.25) is 0 Å². The van der Waals surface area contributed by atoms with Gasteiger partial charge in [-0.3, -0.25) is 14.2 Å². The lowest BCUT2D eigenvalue weighted by atomic mass is 10.1. The van der Waals surface area contributed by atoms with E-state index in [0.29, 0.717) is 5.52 Å². The summed E-state index contributed by atoms with van der Waals surface area (Å²) in [4.78, 5) is 35.4. The molecule has 1 saturated heterocycles. The predicted octanol–water partition coefficient (Wildman–Crippen LogP) is -3.12. The fourth-order valence-electron chi connectivity index (χ4n) is 2.63. The van der Waals surface area contributed by atoms with Crippen LogP contribution in [0.15, 0.2) is 12.7 Å². The van der Waals surface area contributed by atoms with Gasteiger partial charge in [-0.05, 0) is 6.92 Å². The minimum atomic E-state index is -1.51. The average Bonchev–Trinajstić information content (AvgIpc) is 3.16. The van der Waals surface area contributed by atoms with Crippen molar-refractivity contribution in [3.05, 3.63) is 12.7 Å². The van der Waals surface area contributed by atoms with E-state index in [-0.39, 0.29) is 30.1 Å². The summed E-state index contributed by atoms with van der Waals surface area (Å²) in [6.45, 7) is 1.44. The first kappa shape index (κ1) is 20.4. The molecule has 1 amide bonds. The Balaban J connectivity index is 0.00000261. The number of hydrogen-bond acceptors (Lipinski definition) is 10. The van der Waals surface area contributed by atoms with Crippen LogP contribution in [0.1, 0.15) is 13.2 Å². The highest BCUT2D eigenvalue weighted by Crippen LogP contribution is 2.31. The number of imidazole rings is 1. The monoisotopic (exact) mass is 384 g/mol. The van der Waals surface area contributed by atoms with Gasteiger partial charge in [0.25, 0.3) is 5.91 Å². The summed E-state index contributed by atoms with van der Waals surface area (Å²) in [5.74, 6) is -1.24. The molecular weight excluding hydrogens is 364 g/mol. The average molecular weight is 384 g/mol. The van der Waals surface area contributed by atoms with Gasteiger partial charge in [0.2, 0.25) is 0 Å². The standard InChI is InChI=1S/C14H18N6O6.H2O/c1-2-25-6(21)3-16-13(24)10-8(22)9(23)14(26-10)20-5-19-7-11(15)17-4-18-12(7)20;/h4-5,8-10,14,22-23H,2-3H2,1H3,(H,16,24)(H2,15,17,18);1H2/t8-,9+,10-,14+;/m0./s1. The summed E-state index contributed by atoms with van der Waals surface area (Å²) < 4.78 is 11.5. The Morgan fingerprint density at radius 1 is 1.33 bits per heavy atom. The molecule has 4 atom stereocenters. The lowest BCUT2D eigenvalue weighted by Crippen LogP contribution is -2.44. The number of nitrogen functional groups attached to an aromatic ring is 1. The van der Waals surface area contributed by atoms with E-state index in [4.69, 9.17) is 15.2 Å². The second-order valence-electron chi connectivity index (χ2n) is 5.53. The van der Waals surface area contributed by atoms with Crippen LogP contribution >= 0.6 is 0 Å². The maximum atomic E-state index is 12.2. The summed E-state index contributed by atoms with van der Waals surface area (Å²) in [7, 11) is 0. The first-order valence-corrected chi connectivity index (χ1v) is 7.82. The van der Waals surface area contributed by atoms with Gasteiger partial charge in [-0.2, -0.15) is 0 Å². The molecule has 3 heterocycles. The number of rotatable bonds is 5. The lowest BCUT2D eigenvalue weighted by molar-refractivity contribution is -0.146. The van der Waals surface area contributed by atoms with Crippen molar-refractivity contribution in [3.63, 3.8) is 0 Å². The first-order chi connectivity index (χ1) is 12.4. The number of nitrogens with one attached hydrogen (secondary N) is 1. The van der Waals surface area contributed by atoms with Crippen LogP contribution in [-0.2, 0) is 19.1 Å². The number of esters is 1. The Kier molecular flexibility index (Phi) is 6.22. The number of amides is 1. The number of hydrogen-bond donors (Lipinski definition) is 4. The molecule has 3 rings (SSSR count). The molecule has 1 fully saturated rings. The Morgan fingerprint density at radius 2 is 2.07 bits per heavy atom. The van der Waals surface area contributed by atoms with Gasteiger partial charge in [-0.25, -0.2) is 15.0 Å². The molecule has 27 heavy (non-hydrogen) atoms. The molecule has 0 saturated carbocycles. The molecule has 0 unspecified atom stereocenters. The highest BCUT2D eigenvalue weighted by Gasteiger charge is 2.47. The fourth-order valence-corrected chi connectivity index (χ4v) is 2.63. The summed E-state index contributed by atoms with van der Waals surface area (Å²) >= 11 is 0. The van der Waals surface area contributed by atoms with Crippen molar-refractivity contribution in [1.29, 1.82) is 0 Å². The van der Waals surface area contributed by atoms with Gasteiger partial charge >= 0.3 is 5.97 Å². The van der Waals surface area contributed by atoms with E-state index in [2.05, 4.69) is 20.3 Å². The number of nitrogens with zero attached hydrogens (tertiary/aromatic N) is 4. The van der Waals surface area contributed by atoms with Gasteiger partial charge < -0.3 is 36.2 Å². The highest BCUT2D eigenvalue weighted by molar-refractivity contribution is 5.86. The van der Waals surface area contributed by atoms with Crippen LogP contribution in [0.5, 0.6) is 0 Å². The molecule has 13 nitrogen and oxygen atoms in total. The van der Waals surface area contributed by atoms with E-state index in [1.807, 2.05) is 0 Å². The third-order valence-electron chi connectivity index (χ3n) is 3.87. The van der Waals surface area contributed by atoms with Crippen LogP contribution in [0.4, 0.5) is 5.82 Å². The van der Waals surface area contributed by atoms with Crippen LogP contribution in [0.25, 0.3) is 11.2 Å². The molecule has 0 aromatic carbocycles. The number of aromatic nitrogens is 4. The maximum Gasteiger partial charge on any atom is 0.325 e. The summed E-state index contributed by atoms with van der Waals surface area (Å²) in [6, 6.07) is 0. The summed E-state index contributed by atoms with van der Waals surface area (Å²) in [6.07, 6.45) is -2.92. The normalized spacial score (nSPS) is 24.4. The molecule has 148 valence electrons.